The number of aliphatic hydroxyl groups excluding tert-OH is 1. The Morgan fingerprint density at radius 2 is 2.11 bits per heavy atom. The summed E-state index contributed by atoms with van der Waals surface area (Å²) in [5.74, 6) is -1.24. The molecule has 2 aliphatic heterocycles. The first-order valence-electron chi connectivity index (χ1n) is 11.9. The summed E-state index contributed by atoms with van der Waals surface area (Å²) in [6.45, 7) is 9.49. The summed E-state index contributed by atoms with van der Waals surface area (Å²) >= 11 is 0. The average Bonchev–Trinajstić information content (AvgIpc) is 3.23. The summed E-state index contributed by atoms with van der Waals surface area (Å²) in [6, 6.07) is 8.45. The van der Waals surface area contributed by atoms with E-state index in [4.69, 9.17) is 18.5 Å². The number of halogens is 1. The number of ether oxygens (including phenoxy) is 2. The maximum absolute atomic E-state index is 13.7. The fraction of sp³-hybridized carbons (Fsp3) is 0.440. The number of esters is 1. The van der Waals surface area contributed by atoms with Gasteiger partial charge in [-0.3, -0.25) is 14.2 Å². The molecule has 0 spiro atoms. The normalized spacial score (nSPS) is 23.2. The van der Waals surface area contributed by atoms with Crippen LogP contribution in [0.4, 0.5) is 9.18 Å². The number of rotatable bonds is 13. The fourth-order valence-electron chi connectivity index (χ4n) is 3.67. The zero-order valence-corrected chi connectivity index (χ0v) is 22.2. The Bertz CT molecular complexity index is 1110. The van der Waals surface area contributed by atoms with Gasteiger partial charge in [-0.1, -0.05) is 43.0 Å². The molecule has 2 aliphatic rings. The lowest BCUT2D eigenvalue weighted by Crippen LogP contribution is -2.47. The molecule has 0 saturated carbocycles. The number of allylic oxidation sites excluding steroid dienone is 1. The van der Waals surface area contributed by atoms with E-state index in [1.165, 1.54) is 19.9 Å². The van der Waals surface area contributed by atoms with Gasteiger partial charge in [0.25, 0.3) is 0 Å². The summed E-state index contributed by atoms with van der Waals surface area (Å²) < 4.78 is 49.5. The lowest BCUT2D eigenvalue weighted by molar-refractivity contribution is -0.151. The van der Waals surface area contributed by atoms with Crippen LogP contribution in [0.5, 0.6) is 0 Å². The third kappa shape index (κ3) is 7.99. The van der Waals surface area contributed by atoms with Crippen LogP contribution in [0, 0.1) is 0 Å². The lowest BCUT2D eigenvalue weighted by atomic mass is 10.1. The molecule has 0 aliphatic carbocycles. The van der Waals surface area contributed by atoms with Gasteiger partial charge in [-0.25, -0.2) is 13.8 Å². The number of amides is 2. The highest BCUT2D eigenvalue weighted by Crippen LogP contribution is 2.49. The molecule has 11 nitrogen and oxygen atoms in total. The second kappa shape index (κ2) is 12.7. The van der Waals surface area contributed by atoms with Crippen molar-refractivity contribution in [1.82, 2.24) is 15.3 Å². The van der Waals surface area contributed by atoms with E-state index in [0.29, 0.717) is 0 Å². The number of urea groups is 1. The van der Waals surface area contributed by atoms with Crippen LogP contribution in [0.15, 0.2) is 67.4 Å². The SMILES string of the molecule is C=CCC(=C)OP(=O)(NC(C)(C)C(=O)OCc1ccccc1)OCC1O[C@@H](N2C=C(F)CNC2=O)C[C@H]1O. The number of hydrogen-bond donors (Lipinski definition) is 3. The molecule has 1 fully saturated rings. The fourth-order valence-corrected chi connectivity index (χ4v) is 5.37. The van der Waals surface area contributed by atoms with Crippen LogP contribution in [0.25, 0.3) is 0 Å². The van der Waals surface area contributed by atoms with E-state index >= 15 is 0 Å². The molecular weight excluding hydrogens is 520 g/mol. The van der Waals surface area contributed by atoms with Gasteiger partial charge in [0.2, 0.25) is 0 Å². The van der Waals surface area contributed by atoms with Gasteiger partial charge >= 0.3 is 19.7 Å². The molecule has 1 saturated heterocycles. The molecule has 208 valence electrons. The third-order valence-corrected chi connectivity index (χ3v) is 7.43. The smallest absolute Gasteiger partial charge is 0.459 e. The Kier molecular flexibility index (Phi) is 9.86. The van der Waals surface area contributed by atoms with E-state index in [9.17, 15) is 23.7 Å². The minimum Gasteiger partial charge on any atom is -0.459 e. The molecule has 38 heavy (non-hydrogen) atoms. The van der Waals surface area contributed by atoms with Gasteiger partial charge in [0.15, 0.2) is 0 Å². The van der Waals surface area contributed by atoms with E-state index in [-0.39, 0.29) is 31.8 Å². The number of carbonyl (C=O) groups is 2. The maximum atomic E-state index is 13.7. The third-order valence-electron chi connectivity index (χ3n) is 5.61. The van der Waals surface area contributed by atoms with Crippen LogP contribution in [-0.4, -0.2) is 59.1 Å². The number of nitrogens with one attached hydrogen (secondary N) is 2. The Balaban J connectivity index is 1.67. The van der Waals surface area contributed by atoms with Gasteiger partial charge in [-0.05, 0) is 19.4 Å². The quantitative estimate of drug-likeness (QED) is 0.145. The topological polar surface area (TPSA) is 136 Å². The summed E-state index contributed by atoms with van der Waals surface area (Å²) in [5, 5.41) is 15.4. The van der Waals surface area contributed by atoms with E-state index in [2.05, 4.69) is 23.6 Å². The number of nitrogens with zero attached hydrogens (tertiary/aromatic N) is 1. The van der Waals surface area contributed by atoms with Crippen LogP contribution in [0.2, 0.25) is 0 Å². The summed E-state index contributed by atoms with van der Waals surface area (Å²) in [6.07, 6.45) is -0.539. The van der Waals surface area contributed by atoms with Crippen molar-refractivity contribution in [2.75, 3.05) is 13.2 Å². The average molecular weight is 554 g/mol. The van der Waals surface area contributed by atoms with Crippen molar-refractivity contribution in [2.45, 2.75) is 57.3 Å². The molecule has 4 atom stereocenters. The molecule has 1 aromatic carbocycles. The second-order valence-corrected chi connectivity index (χ2v) is 10.9. The Morgan fingerprint density at radius 3 is 2.79 bits per heavy atom. The zero-order chi connectivity index (χ0) is 27.9. The minimum absolute atomic E-state index is 0.00256. The first-order chi connectivity index (χ1) is 17.9. The molecule has 13 heteroatoms. The summed E-state index contributed by atoms with van der Waals surface area (Å²) in [5.41, 5.74) is -0.754. The predicted molar refractivity (Wildman–Crippen MR) is 136 cm³/mol. The van der Waals surface area contributed by atoms with E-state index in [0.717, 1.165) is 16.7 Å². The standard InChI is InChI=1S/C25H33FN3O8P/c1-5-9-17(2)37-38(33,28-25(3,4)23(31)34-15-18-10-7-6-8-11-18)35-16-21-20(30)12-22(36-21)29-14-19(26)13-27-24(29)32/h5-8,10-11,14,20-22,30H,1-2,9,12-13,15-16H2,3-4H3,(H,27,32)(H,28,33)/t20-,21?,22-,38?/m1/s1. The molecule has 0 radical (unpaired) electrons. The van der Waals surface area contributed by atoms with Crippen molar-refractivity contribution in [3.05, 3.63) is 72.9 Å². The van der Waals surface area contributed by atoms with Gasteiger partial charge in [0, 0.05) is 19.0 Å². The highest BCUT2D eigenvalue weighted by Gasteiger charge is 2.44. The molecule has 1 aromatic rings. The van der Waals surface area contributed by atoms with Gasteiger partial charge in [0.05, 0.1) is 19.3 Å². The molecule has 3 N–H and O–H groups in total. The monoisotopic (exact) mass is 553 g/mol. The minimum atomic E-state index is -4.28. The van der Waals surface area contributed by atoms with Crippen LogP contribution < -0.4 is 10.4 Å². The number of carbonyl (C=O) groups excluding carboxylic acids is 2. The molecule has 0 bridgehead atoms. The zero-order valence-electron chi connectivity index (χ0n) is 21.3. The van der Waals surface area contributed by atoms with Crippen molar-refractivity contribution >= 4 is 19.7 Å². The van der Waals surface area contributed by atoms with Crippen molar-refractivity contribution in [1.29, 1.82) is 0 Å². The van der Waals surface area contributed by atoms with Crippen molar-refractivity contribution < 1.29 is 42.2 Å². The molecule has 2 unspecified atom stereocenters. The molecule has 2 heterocycles. The van der Waals surface area contributed by atoms with E-state index < -0.39 is 56.2 Å². The van der Waals surface area contributed by atoms with Gasteiger partial charge in [-0.2, -0.15) is 5.09 Å². The predicted octanol–water partition coefficient (Wildman–Crippen LogP) is 3.64. The molecular formula is C25H33FN3O8P. The maximum Gasteiger partial charge on any atom is 0.459 e. The lowest BCUT2D eigenvalue weighted by Gasteiger charge is -2.30. The first kappa shape index (κ1) is 29.5. The summed E-state index contributed by atoms with van der Waals surface area (Å²) in [4.78, 5) is 25.9. The second-order valence-electron chi connectivity index (χ2n) is 9.29. The Morgan fingerprint density at radius 1 is 1.39 bits per heavy atom. The summed E-state index contributed by atoms with van der Waals surface area (Å²) in [7, 11) is -4.28. The van der Waals surface area contributed by atoms with Gasteiger partial charge in [0.1, 0.15) is 36.1 Å². The highest BCUT2D eigenvalue weighted by molar-refractivity contribution is 7.51. The number of benzene rings is 1. The van der Waals surface area contributed by atoms with Crippen LogP contribution >= 0.6 is 7.75 Å². The van der Waals surface area contributed by atoms with E-state index in [1.54, 1.807) is 12.1 Å². The van der Waals surface area contributed by atoms with Crippen molar-refractivity contribution in [3.63, 3.8) is 0 Å². The van der Waals surface area contributed by atoms with Crippen molar-refractivity contribution in [3.8, 4) is 0 Å². The number of hydrogen-bond acceptors (Lipinski definition) is 8. The van der Waals surface area contributed by atoms with Crippen molar-refractivity contribution in [2.24, 2.45) is 0 Å². The largest absolute Gasteiger partial charge is 0.459 e. The Hall–Kier alpha value is -3.02. The molecule has 0 aromatic heterocycles. The molecule has 2 amide bonds. The van der Waals surface area contributed by atoms with Crippen LogP contribution in [0.3, 0.4) is 0 Å². The van der Waals surface area contributed by atoms with Gasteiger partial charge < -0.3 is 24.4 Å². The van der Waals surface area contributed by atoms with E-state index in [1.807, 2.05) is 18.2 Å². The highest BCUT2D eigenvalue weighted by atomic mass is 31.2. The van der Waals surface area contributed by atoms with Crippen LogP contribution in [-0.2, 0) is 34.5 Å². The molecule has 3 rings (SSSR count). The van der Waals surface area contributed by atoms with Crippen LogP contribution in [0.1, 0.15) is 32.3 Å². The van der Waals surface area contributed by atoms with Gasteiger partial charge in [-0.15, -0.1) is 6.58 Å². The number of aliphatic hydroxyl groups is 1. The Labute approximate surface area is 220 Å². The first-order valence-corrected chi connectivity index (χ1v) is 13.5.